The van der Waals surface area contributed by atoms with Crippen molar-refractivity contribution in [1.29, 1.82) is 0 Å². The van der Waals surface area contributed by atoms with Gasteiger partial charge in [-0.15, -0.1) is 0 Å². The van der Waals surface area contributed by atoms with E-state index in [0.717, 1.165) is 5.56 Å². The van der Waals surface area contributed by atoms with Crippen LogP contribution in [0.1, 0.15) is 5.89 Å². The lowest BCUT2D eigenvalue weighted by molar-refractivity contribution is -0.117. The molecule has 0 spiro atoms. The largest absolute Gasteiger partial charge is 0.495 e. The van der Waals surface area contributed by atoms with E-state index in [1.165, 1.54) is 7.11 Å². The Kier molecular flexibility index (Phi) is 6.00. The Bertz CT molecular complexity index is 916. The van der Waals surface area contributed by atoms with Crippen molar-refractivity contribution < 1.29 is 14.1 Å². The Morgan fingerprint density at radius 3 is 2.96 bits per heavy atom. The molecule has 27 heavy (non-hydrogen) atoms. The Balaban J connectivity index is 1.58. The van der Waals surface area contributed by atoms with Crippen LogP contribution in [0, 0.1) is 0 Å². The van der Waals surface area contributed by atoms with Gasteiger partial charge in [-0.2, -0.15) is 4.98 Å². The molecule has 0 saturated carbocycles. The van der Waals surface area contributed by atoms with Crippen molar-refractivity contribution in [2.24, 2.45) is 0 Å². The maximum Gasteiger partial charge on any atom is 0.241 e. The number of aromatic nitrogens is 3. The molecule has 0 aliphatic carbocycles. The Hall–Kier alpha value is -2.97. The van der Waals surface area contributed by atoms with E-state index in [0.29, 0.717) is 34.7 Å². The summed E-state index contributed by atoms with van der Waals surface area (Å²) in [5.74, 6) is 1.18. The molecule has 2 aromatic heterocycles. The Morgan fingerprint density at radius 2 is 2.22 bits per heavy atom. The number of amides is 1. The van der Waals surface area contributed by atoms with Gasteiger partial charge in [0.05, 0.1) is 25.9 Å². The van der Waals surface area contributed by atoms with Crippen LogP contribution in [-0.4, -0.2) is 46.6 Å². The molecule has 0 atom stereocenters. The van der Waals surface area contributed by atoms with Crippen molar-refractivity contribution in [2.75, 3.05) is 26.0 Å². The third-order valence-electron chi connectivity index (χ3n) is 3.64. The summed E-state index contributed by atoms with van der Waals surface area (Å²) < 4.78 is 10.5. The van der Waals surface area contributed by atoms with E-state index in [1.807, 2.05) is 6.07 Å². The van der Waals surface area contributed by atoms with E-state index in [1.54, 1.807) is 48.6 Å². The predicted molar refractivity (Wildman–Crippen MR) is 100 cm³/mol. The number of rotatable bonds is 7. The van der Waals surface area contributed by atoms with Crippen LogP contribution in [-0.2, 0) is 11.3 Å². The van der Waals surface area contributed by atoms with Crippen LogP contribution < -0.4 is 10.1 Å². The van der Waals surface area contributed by atoms with E-state index >= 15 is 0 Å². The van der Waals surface area contributed by atoms with Crippen LogP contribution >= 0.6 is 11.6 Å². The van der Waals surface area contributed by atoms with E-state index in [2.05, 4.69) is 20.4 Å². The fourth-order valence-electron chi connectivity index (χ4n) is 2.43. The van der Waals surface area contributed by atoms with E-state index in [9.17, 15) is 4.79 Å². The van der Waals surface area contributed by atoms with Gasteiger partial charge in [0.25, 0.3) is 0 Å². The second-order valence-electron chi connectivity index (χ2n) is 5.82. The van der Waals surface area contributed by atoms with Gasteiger partial charge in [0.15, 0.2) is 0 Å². The molecule has 140 valence electrons. The second-order valence-corrected chi connectivity index (χ2v) is 6.25. The van der Waals surface area contributed by atoms with Crippen molar-refractivity contribution in [2.45, 2.75) is 6.54 Å². The predicted octanol–water partition coefficient (Wildman–Crippen LogP) is 2.86. The van der Waals surface area contributed by atoms with Crippen molar-refractivity contribution in [3.63, 3.8) is 0 Å². The molecule has 2 heterocycles. The minimum atomic E-state index is -0.218. The summed E-state index contributed by atoms with van der Waals surface area (Å²) in [5, 5.41) is 7.23. The SMILES string of the molecule is COc1ccc(Cl)cc1NC(=O)CN(C)Cc1nc(-c2cccnc2)no1. The fourth-order valence-corrected chi connectivity index (χ4v) is 2.60. The van der Waals surface area contributed by atoms with Crippen LogP contribution in [0.3, 0.4) is 0 Å². The summed E-state index contributed by atoms with van der Waals surface area (Å²) in [5.41, 5.74) is 1.28. The highest BCUT2D eigenvalue weighted by molar-refractivity contribution is 6.31. The number of benzene rings is 1. The van der Waals surface area contributed by atoms with Crippen molar-refractivity contribution in [3.8, 4) is 17.1 Å². The van der Waals surface area contributed by atoms with Crippen LogP contribution in [0.5, 0.6) is 5.75 Å². The normalized spacial score (nSPS) is 10.8. The molecule has 0 saturated heterocycles. The molecule has 0 aliphatic heterocycles. The third kappa shape index (κ3) is 5.02. The number of pyridine rings is 1. The number of halogens is 1. The molecule has 3 rings (SSSR count). The monoisotopic (exact) mass is 387 g/mol. The second kappa shape index (κ2) is 8.61. The molecular weight excluding hydrogens is 370 g/mol. The molecule has 3 aromatic rings. The van der Waals surface area contributed by atoms with Gasteiger partial charge in [0.2, 0.25) is 17.6 Å². The topological polar surface area (TPSA) is 93.4 Å². The number of methoxy groups -OCH3 is 1. The lowest BCUT2D eigenvalue weighted by atomic mass is 10.3. The maximum atomic E-state index is 12.3. The molecule has 1 amide bonds. The lowest BCUT2D eigenvalue weighted by Crippen LogP contribution is -2.30. The number of carbonyl (C=O) groups excluding carboxylic acids is 1. The molecule has 0 unspecified atom stereocenters. The van der Waals surface area contributed by atoms with Crippen molar-refractivity contribution in [1.82, 2.24) is 20.0 Å². The molecule has 9 heteroatoms. The number of anilines is 1. The van der Waals surface area contributed by atoms with Gasteiger partial charge in [-0.3, -0.25) is 14.7 Å². The van der Waals surface area contributed by atoms with Crippen molar-refractivity contribution in [3.05, 3.63) is 53.6 Å². The number of likely N-dealkylation sites (N-methyl/N-ethyl adjacent to an activating group) is 1. The molecule has 1 aromatic carbocycles. The maximum absolute atomic E-state index is 12.3. The van der Waals surface area contributed by atoms with E-state index in [4.69, 9.17) is 20.9 Å². The van der Waals surface area contributed by atoms with Crippen LogP contribution in [0.4, 0.5) is 5.69 Å². The summed E-state index contributed by atoms with van der Waals surface area (Å²) in [4.78, 5) is 22.4. The Morgan fingerprint density at radius 1 is 1.37 bits per heavy atom. The molecule has 8 nitrogen and oxygen atoms in total. The average Bonchev–Trinajstić information content (AvgIpc) is 3.11. The molecule has 0 radical (unpaired) electrons. The number of hydrogen-bond donors (Lipinski definition) is 1. The van der Waals surface area contributed by atoms with Crippen molar-refractivity contribution >= 4 is 23.2 Å². The summed E-state index contributed by atoms with van der Waals surface area (Å²) in [6.45, 7) is 0.452. The molecule has 0 bridgehead atoms. The van der Waals surface area contributed by atoms with Gasteiger partial charge in [-0.25, -0.2) is 0 Å². The fraction of sp³-hybridized carbons (Fsp3) is 0.222. The van der Waals surface area contributed by atoms with Gasteiger partial charge in [0.1, 0.15) is 5.75 Å². The zero-order valence-corrected chi connectivity index (χ0v) is 15.6. The smallest absolute Gasteiger partial charge is 0.241 e. The number of ether oxygens (including phenoxy) is 1. The molecule has 0 aliphatic rings. The van der Waals surface area contributed by atoms with E-state index in [-0.39, 0.29) is 12.5 Å². The van der Waals surface area contributed by atoms with Gasteiger partial charge in [-0.1, -0.05) is 16.8 Å². The quantitative estimate of drug-likeness (QED) is 0.666. The first-order valence-electron chi connectivity index (χ1n) is 8.10. The van der Waals surface area contributed by atoms with Gasteiger partial charge in [-0.05, 0) is 37.4 Å². The average molecular weight is 388 g/mol. The van der Waals surface area contributed by atoms with Crippen LogP contribution in [0.25, 0.3) is 11.4 Å². The highest BCUT2D eigenvalue weighted by Crippen LogP contribution is 2.27. The van der Waals surface area contributed by atoms with Gasteiger partial charge in [0, 0.05) is 23.0 Å². The zero-order chi connectivity index (χ0) is 19.2. The summed E-state index contributed by atoms with van der Waals surface area (Å²) >= 11 is 5.97. The molecule has 0 fully saturated rings. The minimum absolute atomic E-state index is 0.125. The van der Waals surface area contributed by atoms with E-state index < -0.39 is 0 Å². The first-order valence-corrected chi connectivity index (χ1v) is 8.48. The lowest BCUT2D eigenvalue weighted by Gasteiger charge is -2.15. The summed E-state index contributed by atoms with van der Waals surface area (Å²) in [6, 6.07) is 8.66. The first-order chi connectivity index (χ1) is 13.0. The minimum Gasteiger partial charge on any atom is -0.495 e. The zero-order valence-electron chi connectivity index (χ0n) is 14.8. The van der Waals surface area contributed by atoms with Gasteiger partial charge >= 0.3 is 0 Å². The molecular formula is C18H18ClN5O3. The standard InChI is InChI=1S/C18H18ClN5O3/c1-24(10-16(25)21-14-8-13(19)5-6-15(14)26-2)11-17-22-18(23-27-17)12-4-3-7-20-9-12/h3-9H,10-11H2,1-2H3,(H,21,25). The van der Waals surface area contributed by atoms with Crippen LogP contribution in [0.15, 0.2) is 47.2 Å². The number of nitrogens with one attached hydrogen (secondary N) is 1. The Labute approximate surface area is 161 Å². The molecule has 1 N–H and O–H groups in total. The number of carbonyl (C=O) groups is 1. The summed E-state index contributed by atoms with van der Waals surface area (Å²) in [7, 11) is 3.31. The van der Waals surface area contributed by atoms with Gasteiger partial charge < -0.3 is 14.6 Å². The highest BCUT2D eigenvalue weighted by Gasteiger charge is 2.14. The highest BCUT2D eigenvalue weighted by atomic mass is 35.5. The first kappa shape index (κ1) is 18.8. The number of nitrogens with zero attached hydrogens (tertiary/aromatic N) is 4. The number of hydrogen-bond acceptors (Lipinski definition) is 7. The summed E-state index contributed by atoms with van der Waals surface area (Å²) in [6.07, 6.45) is 3.33. The third-order valence-corrected chi connectivity index (χ3v) is 3.88. The van der Waals surface area contributed by atoms with Crippen LogP contribution in [0.2, 0.25) is 5.02 Å².